The molecule has 0 aromatic heterocycles. The summed E-state index contributed by atoms with van der Waals surface area (Å²) in [6.07, 6.45) is 0.813. The summed E-state index contributed by atoms with van der Waals surface area (Å²) in [6.45, 7) is 1.18. The van der Waals surface area contributed by atoms with E-state index in [-0.39, 0.29) is 12.0 Å². The number of ether oxygens (including phenoxy) is 1. The highest BCUT2D eigenvalue weighted by Crippen LogP contribution is 2.28. The summed E-state index contributed by atoms with van der Waals surface area (Å²) in [5.74, 6) is -0.153. The Bertz CT molecular complexity index is 603. The Morgan fingerprint density at radius 3 is 2.50 bits per heavy atom. The molecule has 22 heavy (non-hydrogen) atoms. The molecule has 0 unspecified atom stereocenters. The van der Waals surface area contributed by atoms with Crippen LogP contribution in [0.4, 0.5) is 0 Å². The van der Waals surface area contributed by atoms with Gasteiger partial charge in [-0.2, -0.15) is 0 Å². The molecule has 114 valence electrons. The summed E-state index contributed by atoms with van der Waals surface area (Å²) in [4.78, 5) is 13.4. The van der Waals surface area contributed by atoms with Crippen molar-refractivity contribution in [2.45, 2.75) is 29.2 Å². The summed E-state index contributed by atoms with van der Waals surface area (Å²) in [7, 11) is 0. The highest BCUT2D eigenvalue weighted by molar-refractivity contribution is 8.00. The number of hydrogen-bond acceptors (Lipinski definition) is 4. The van der Waals surface area contributed by atoms with E-state index in [0.717, 1.165) is 18.5 Å². The fourth-order valence-corrected chi connectivity index (χ4v) is 3.66. The molecule has 0 saturated carbocycles. The number of thioether (sulfide) groups is 1. The van der Waals surface area contributed by atoms with E-state index in [2.05, 4.69) is 17.4 Å². The van der Waals surface area contributed by atoms with Crippen molar-refractivity contribution in [2.75, 3.05) is 6.54 Å². The first-order valence-electron chi connectivity index (χ1n) is 7.47. The molecule has 0 aliphatic carbocycles. The standard InChI is InChI=1S/C18H19NO2S/c20-18(21-13-14-7-3-1-4-8-14)17-11-16(12-19-17)22-15-9-5-2-6-10-15/h1-10,16-17,19H,11-13H2/t16-,17-/m0/s1. The quantitative estimate of drug-likeness (QED) is 0.860. The van der Waals surface area contributed by atoms with Crippen molar-refractivity contribution in [3.05, 3.63) is 66.2 Å². The van der Waals surface area contributed by atoms with Crippen LogP contribution in [0.15, 0.2) is 65.6 Å². The molecule has 1 aliphatic heterocycles. The number of benzene rings is 2. The summed E-state index contributed by atoms with van der Waals surface area (Å²) < 4.78 is 5.40. The summed E-state index contributed by atoms with van der Waals surface area (Å²) in [6, 6.07) is 19.9. The minimum Gasteiger partial charge on any atom is -0.460 e. The van der Waals surface area contributed by atoms with E-state index < -0.39 is 0 Å². The highest BCUT2D eigenvalue weighted by Gasteiger charge is 2.31. The first kappa shape index (κ1) is 15.1. The summed E-state index contributed by atoms with van der Waals surface area (Å²) >= 11 is 1.82. The zero-order valence-electron chi connectivity index (χ0n) is 12.3. The molecule has 0 amide bonds. The SMILES string of the molecule is O=C(OCc1ccccc1)[C@@H]1C[C@H](Sc2ccccc2)CN1. The molecule has 3 nitrogen and oxygen atoms in total. The van der Waals surface area contributed by atoms with Gasteiger partial charge >= 0.3 is 5.97 Å². The molecular formula is C18H19NO2S. The Morgan fingerprint density at radius 2 is 1.77 bits per heavy atom. The molecule has 1 saturated heterocycles. The molecule has 0 radical (unpaired) electrons. The molecule has 1 fully saturated rings. The fraction of sp³-hybridized carbons (Fsp3) is 0.278. The lowest BCUT2D eigenvalue weighted by molar-refractivity contribution is -0.147. The Morgan fingerprint density at radius 1 is 1.09 bits per heavy atom. The van der Waals surface area contributed by atoms with Crippen LogP contribution in [0.3, 0.4) is 0 Å². The van der Waals surface area contributed by atoms with Crippen LogP contribution in [0, 0.1) is 0 Å². The topological polar surface area (TPSA) is 38.3 Å². The minimum absolute atomic E-state index is 0.153. The van der Waals surface area contributed by atoms with Gasteiger partial charge in [0, 0.05) is 16.7 Å². The third kappa shape index (κ3) is 4.12. The molecule has 2 aromatic carbocycles. The molecule has 1 heterocycles. The van der Waals surface area contributed by atoms with Gasteiger partial charge in [-0.25, -0.2) is 0 Å². The lowest BCUT2D eigenvalue weighted by Gasteiger charge is -2.11. The van der Waals surface area contributed by atoms with E-state index in [0.29, 0.717) is 11.9 Å². The third-order valence-corrected chi connectivity index (χ3v) is 4.88. The largest absolute Gasteiger partial charge is 0.460 e. The smallest absolute Gasteiger partial charge is 0.323 e. The van der Waals surface area contributed by atoms with Crippen molar-refractivity contribution >= 4 is 17.7 Å². The monoisotopic (exact) mass is 313 g/mol. The zero-order chi connectivity index (χ0) is 15.2. The lowest BCUT2D eigenvalue weighted by Crippen LogP contribution is -2.32. The van der Waals surface area contributed by atoms with Gasteiger partial charge in [-0.05, 0) is 24.1 Å². The molecule has 0 bridgehead atoms. The van der Waals surface area contributed by atoms with Gasteiger partial charge in [0.15, 0.2) is 0 Å². The number of nitrogens with one attached hydrogen (secondary N) is 1. The van der Waals surface area contributed by atoms with Gasteiger partial charge < -0.3 is 10.1 Å². The van der Waals surface area contributed by atoms with E-state index in [1.54, 1.807) is 0 Å². The Labute approximate surface area is 135 Å². The molecular weight excluding hydrogens is 294 g/mol. The average molecular weight is 313 g/mol. The van der Waals surface area contributed by atoms with E-state index in [4.69, 9.17) is 4.74 Å². The number of carbonyl (C=O) groups is 1. The van der Waals surface area contributed by atoms with Crippen LogP contribution < -0.4 is 5.32 Å². The van der Waals surface area contributed by atoms with Crippen LogP contribution >= 0.6 is 11.8 Å². The molecule has 3 rings (SSSR count). The van der Waals surface area contributed by atoms with Gasteiger partial charge in [-0.15, -0.1) is 11.8 Å². The van der Waals surface area contributed by atoms with Gasteiger partial charge in [0.2, 0.25) is 0 Å². The third-order valence-electron chi connectivity index (χ3n) is 3.64. The maximum Gasteiger partial charge on any atom is 0.323 e. The van der Waals surface area contributed by atoms with Gasteiger partial charge in [0.05, 0.1) is 0 Å². The normalized spacial score (nSPS) is 20.7. The Hall–Kier alpha value is -1.78. The van der Waals surface area contributed by atoms with Crippen molar-refractivity contribution in [3.8, 4) is 0 Å². The fourth-order valence-electron chi connectivity index (χ4n) is 2.49. The van der Waals surface area contributed by atoms with Crippen LogP contribution in [0.2, 0.25) is 0 Å². The van der Waals surface area contributed by atoms with Crippen molar-refractivity contribution in [1.82, 2.24) is 5.32 Å². The van der Waals surface area contributed by atoms with Gasteiger partial charge in [-0.3, -0.25) is 4.79 Å². The van der Waals surface area contributed by atoms with E-state index >= 15 is 0 Å². The van der Waals surface area contributed by atoms with Crippen LogP contribution in [0.5, 0.6) is 0 Å². The first-order chi connectivity index (χ1) is 10.8. The summed E-state index contributed by atoms with van der Waals surface area (Å²) in [5, 5.41) is 3.68. The number of carbonyl (C=O) groups excluding carboxylic acids is 1. The molecule has 1 N–H and O–H groups in total. The maximum absolute atomic E-state index is 12.1. The predicted molar refractivity (Wildman–Crippen MR) is 88.7 cm³/mol. The van der Waals surface area contributed by atoms with Gasteiger partial charge in [0.25, 0.3) is 0 Å². The number of rotatable bonds is 5. The second kappa shape index (κ2) is 7.47. The molecule has 2 aromatic rings. The molecule has 1 aliphatic rings. The van der Waals surface area contributed by atoms with Crippen LogP contribution in [-0.4, -0.2) is 23.8 Å². The predicted octanol–water partition coefficient (Wildman–Crippen LogP) is 3.25. The van der Waals surface area contributed by atoms with Crippen LogP contribution in [-0.2, 0) is 16.1 Å². The van der Waals surface area contributed by atoms with Crippen LogP contribution in [0.1, 0.15) is 12.0 Å². The first-order valence-corrected chi connectivity index (χ1v) is 8.35. The zero-order valence-corrected chi connectivity index (χ0v) is 13.1. The highest BCUT2D eigenvalue weighted by atomic mass is 32.2. The van der Waals surface area contributed by atoms with E-state index in [1.165, 1.54) is 4.90 Å². The van der Waals surface area contributed by atoms with Crippen molar-refractivity contribution < 1.29 is 9.53 Å². The Kier molecular flexibility index (Phi) is 5.14. The number of esters is 1. The lowest BCUT2D eigenvalue weighted by atomic mass is 10.2. The Balaban J connectivity index is 1.46. The average Bonchev–Trinajstić information content (AvgIpc) is 3.03. The number of hydrogen-bond donors (Lipinski definition) is 1. The molecule has 4 heteroatoms. The second-order valence-corrected chi connectivity index (χ2v) is 6.72. The minimum atomic E-state index is -0.190. The second-order valence-electron chi connectivity index (χ2n) is 5.34. The van der Waals surface area contributed by atoms with Crippen molar-refractivity contribution in [3.63, 3.8) is 0 Å². The molecule has 2 atom stereocenters. The van der Waals surface area contributed by atoms with Gasteiger partial charge in [0.1, 0.15) is 12.6 Å². The van der Waals surface area contributed by atoms with Crippen molar-refractivity contribution in [1.29, 1.82) is 0 Å². The van der Waals surface area contributed by atoms with E-state index in [1.807, 2.05) is 60.3 Å². The van der Waals surface area contributed by atoms with Crippen LogP contribution in [0.25, 0.3) is 0 Å². The maximum atomic E-state index is 12.1. The van der Waals surface area contributed by atoms with Gasteiger partial charge in [-0.1, -0.05) is 48.5 Å². The van der Waals surface area contributed by atoms with Crippen molar-refractivity contribution in [2.24, 2.45) is 0 Å². The summed E-state index contributed by atoms with van der Waals surface area (Å²) in [5.41, 5.74) is 1.02. The van der Waals surface area contributed by atoms with E-state index in [9.17, 15) is 4.79 Å². The molecule has 0 spiro atoms.